The lowest BCUT2D eigenvalue weighted by molar-refractivity contribution is -0.110. The van der Waals surface area contributed by atoms with Crippen molar-refractivity contribution >= 4 is 6.29 Å². The smallest absolute Gasteiger partial charge is 0.130 e. The average molecular weight is 112 g/mol. The van der Waals surface area contributed by atoms with Gasteiger partial charge in [0.2, 0.25) is 0 Å². The van der Waals surface area contributed by atoms with Crippen LogP contribution in [0.5, 0.6) is 0 Å². The highest BCUT2D eigenvalue weighted by Gasteiger charge is 2.16. The van der Waals surface area contributed by atoms with Gasteiger partial charge in [0.25, 0.3) is 0 Å². The van der Waals surface area contributed by atoms with Crippen molar-refractivity contribution in [1.29, 1.82) is 0 Å². The predicted octanol–water partition coefficient (Wildman–Crippen LogP) is 1.04. The van der Waals surface area contributed by atoms with Crippen molar-refractivity contribution in [2.75, 3.05) is 0 Å². The van der Waals surface area contributed by atoms with E-state index in [2.05, 4.69) is 0 Å². The van der Waals surface area contributed by atoms with E-state index < -0.39 is 0 Å². The summed E-state index contributed by atoms with van der Waals surface area (Å²) < 4.78 is 0. The number of carbonyl (C=O) groups excluding carboxylic acids is 1. The van der Waals surface area contributed by atoms with Gasteiger partial charge in [0.1, 0.15) is 6.29 Å². The van der Waals surface area contributed by atoms with E-state index in [1.165, 1.54) is 0 Å². The summed E-state index contributed by atoms with van der Waals surface area (Å²) in [5.41, 5.74) is 0. The van der Waals surface area contributed by atoms with E-state index in [9.17, 15) is 4.79 Å². The molecule has 0 aliphatic heterocycles. The zero-order valence-electron chi connectivity index (χ0n) is 4.50. The molecule has 0 saturated heterocycles. The minimum Gasteiger partial charge on any atom is -0.512 e. The van der Waals surface area contributed by atoms with Crippen LogP contribution in [0.25, 0.3) is 0 Å². The normalized spacial score (nSPS) is 27.5. The summed E-state index contributed by atoms with van der Waals surface area (Å²) in [6.07, 6.45) is 4.11. The number of aliphatic hydroxyl groups is 1. The van der Waals surface area contributed by atoms with Crippen molar-refractivity contribution in [2.24, 2.45) is 5.92 Å². The SMILES string of the molecule is O=CC1CCC=C1O. The van der Waals surface area contributed by atoms with Gasteiger partial charge in [-0.15, -0.1) is 0 Å². The molecule has 0 spiro atoms. The second-order valence-electron chi connectivity index (χ2n) is 1.95. The van der Waals surface area contributed by atoms with Gasteiger partial charge >= 0.3 is 0 Å². The Balaban J connectivity index is 2.58. The molecule has 1 aliphatic carbocycles. The molecule has 1 atom stereocenters. The van der Waals surface area contributed by atoms with Crippen LogP contribution in [-0.4, -0.2) is 11.4 Å². The maximum atomic E-state index is 10.0. The highest BCUT2D eigenvalue weighted by molar-refractivity contribution is 5.58. The summed E-state index contributed by atoms with van der Waals surface area (Å²) in [5.74, 6) is 0.0509. The Hall–Kier alpha value is -0.790. The first-order chi connectivity index (χ1) is 3.84. The quantitative estimate of drug-likeness (QED) is 0.514. The Morgan fingerprint density at radius 3 is 2.88 bits per heavy atom. The Morgan fingerprint density at radius 1 is 1.88 bits per heavy atom. The Morgan fingerprint density at radius 2 is 2.62 bits per heavy atom. The maximum Gasteiger partial charge on any atom is 0.130 e. The second kappa shape index (κ2) is 1.99. The number of hydrogen-bond donors (Lipinski definition) is 1. The molecule has 2 heteroatoms. The lowest BCUT2D eigenvalue weighted by Gasteiger charge is -1.96. The van der Waals surface area contributed by atoms with Gasteiger partial charge in [0.15, 0.2) is 0 Å². The summed E-state index contributed by atoms with van der Waals surface area (Å²) >= 11 is 0. The Bertz CT molecular complexity index is 126. The molecule has 0 aromatic heterocycles. The van der Waals surface area contributed by atoms with E-state index >= 15 is 0 Å². The van der Waals surface area contributed by atoms with Crippen LogP contribution in [0.15, 0.2) is 11.8 Å². The van der Waals surface area contributed by atoms with E-state index in [4.69, 9.17) is 5.11 Å². The fraction of sp³-hybridized carbons (Fsp3) is 0.500. The molecule has 1 aliphatic rings. The summed E-state index contributed by atoms with van der Waals surface area (Å²) in [6.45, 7) is 0. The first-order valence-electron chi connectivity index (χ1n) is 2.69. The molecule has 1 unspecified atom stereocenters. The van der Waals surface area contributed by atoms with Gasteiger partial charge < -0.3 is 9.90 Å². The highest BCUT2D eigenvalue weighted by Crippen LogP contribution is 2.20. The van der Waals surface area contributed by atoms with Crippen molar-refractivity contribution in [3.63, 3.8) is 0 Å². The van der Waals surface area contributed by atoms with Gasteiger partial charge in [-0.3, -0.25) is 0 Å². The van der Waals surface area contributed by atoms with E-state index in [-0.39, 0.29) is 11.7 Å². The van der Waals surface area contributed by atoms with Crippen LogP contribution in [0, 0.1) is 5.92 Å². The fourth-order valence-corrected chi connectivity index (χ4v) is 0.848. The van der Waals surface area contributed by atoms with Gasteiger partial charge in [-0.25, -0.2) is 0 Å². The summed E-state index contributed by atoms with van der Waals surface area (Å²) in [6, 6.07) is 0. The molecule has 0 saturated carbocycles. The number of carbonyl (C=O) groups is 1. The molecule has 0 bridgehead atoms. The van der Waals surface area contributed by atoms with Crippen LogP contribution in [0.3, 0.4) is 0 Å². The summed E-state index contributed by atoms with van der Waals surface area (Å²) in [7, 11) is 0. The van der Waals surface area contributed by atoms with Gasteiger partial charge in [0, 0.05) is 0 Å². The van der Waals surface area contributed by atoms with Crippen LogP contribution >= 0.6 is 0 Å². The molecule has 8 heavy (non-hydrogen) atoms. The molecule has 0 aromatic rings. The van der Waals surface area contributed by atoms with Crippen molar-refractivity contribution in [3.05, 3.63) is 11.8 Å². The zero-order valence-corrected chi connectivity index (χ0v) is 4.50. The number of aliphatic hydroxyl groups excluding tert-OH is 1. The number of aldehydes is 1. The third kappa shape index (κ3) is 0.735. The van der Waals surface area contributed by atoms with Crippen LogP contribution < -0.4 is 0 Å². The minimum absolute atomic E-state index is 0.199. The van der Waals surface area contributed by atoms with Crippen LogP contribution in [-0.2, 0) is 4.79 Å². The highest BCUT2D eigenvalue weighted by atomic mass is 16.3. The molecule has 1 N–H and O–H groups in total. The van der Waals surface area contributed by atoms with Gasteiger partial charge in [0.05, 0.1) is 11.7 Å². The third-order valence-corrected chi connectivity index (χ3v) is 1.38. The standard InChI is InChI=1S/C6H8O2/c7-4-5-2-1-3-6(5)8/h3-5,8H,1-2H2. The van der Waals surface area contributed by atoms with Crippen molar-refractivity contribution in [3.8, 4) is 0 Å². The lowest BCUT2D eigenvalue weighted by atomic mass is 10.1. The number of allylic oxidation sites excluding steroid dienone is 2. The third-order valence-electron chi connectivity index (χ3n) is 1.38. The Labute approximate surface area is 47.8 Å². The van der Waals surface area contributed by atoms with Crippen LogP contribution in [0.2, 0.25) is 0 Å². The lowest BCUT2D eigenvalue weighted by Crippen LogP contribution is -1.98. The first-order valence-corrected chi connectivity index (χ1v) is 2.69. The van der Waals surface area contributed by atoms with E-state index in [0.29, 0.717) is 0 Å². The molecule has 0 amide bonds. The first kappa shape index (κ1) is 5.35. The second-order valence-corrected chi connectivity index (χ2v) is 1.95. The predicted molar refractivity (Wildman–Crippen MR) is 29.5 cm³/mol. The molecular formula is C6H8O2. The molecule has 0 aromatic carbocycles. The van der Waals surface area contributed by atoms with E-state index in [1.54, 1.807) is 6.08 Å². The fourth-order valence-electron chi connectivity index (χ4n) is 0.848. The molecule has 2 nitrogen and oxygen atoms in total. The molecule has 1 rings (SSSR count). The minimum atomic E-state index is -0.199. The van der Waals surface area contributed by atoms with Crippen molar-refractivity contribution < 1.29 is 9.90 Å². The topological polar surface area (TPSA) is 37.3 Å². The maximum absolute atomic E-state index is 10.0. The van der Waals surface area contributed by atoms with Gasteiger partial charge in [-0.05, 0) is 18.9 Å². The summed E-state index contributed by atoms with van der Waals surface area (Å²) in [5, 5.41) is 8.82. The largest absolute Gasteiger partial charge is 0.512 e. The van der Waals surface area contributed by atoms with Gasteiger partial charge in [-0.1, -0.05) is 0 Å². The van der Waals surface area contributed by atoms with E-state index in [1.807, 2.05) is 0 Å². The average Bonchev–Trinajstić information content (AvgIpc) is 2.14. The molecule has 44 valence electrons. The van der Waals surface area contributed by atoms with Crippen molar-refractivity contribution in [1.82, 2.24) is 0 Å². The summed E-state index contributed by atoms with van der Waals surface area (Å²) in [4.78, 5) is 10.0. The monoisotopic (exact) mass is 112 g/mol. The molecule has 0 fully saturated rings. The van der Waals surface area contributed by atoms with Crippen LogP contribution in [0.1, 0.15) is 12.8 Å². The zero-order chi connectivity index (χ0) is 5.98. The number of hydrogen-bond acceptors (Lipinski definition) is 2. The van der Waals surface area contributed by atoms with E-state index in [0.717, 1.165) is 19.1 Å². The number of rotatable bonds is 1. The van der Waals surface area contributed by atoms with Crippen LogP contribution in [0.4, 0.5) is 0 Å². The molecule has 0 radical (unpaired) electrons. The van der Waals surface area contributed by atoms with Crippen molar-refractivity contribution in [2.45, 2.75) is 12.8 Å². The Kier molecular flexibility index (Phi) is 1.33. The van der Waals surface area contributed by atoms with Gasteiger partial charge in [-0.2, -0.15) is 0 Å². The molecule has 0 heterocycles. The molecular weight excluding hydrogens is 104 g/mol.